The summed E-state index contributed by atoms with van der Waals surface area (Å²) in [6.07, 6.45) is 1.94. The quantitative estimate of drug-likeness (QED) is 0.440. The summed E-state index contributed by atoms with van der Waals surface area (Å²) in [5, 5.41) is 10.6. The second-order valence-corrected chi connectivity index (χ2v) is 5.33. The van der Waals surface area contributed by atoms with Gasteiger partial charge in [0.05, 0.1) is 22.1 Å². The largest absolute Gasteiger partial charge is 0.462 e. The predicted molar refractivity (Wildman–Crippen MR) is 77.5 cm³/mol. The van der Waals surface area contributed by atoms with Gasteiger partial charge in [-0.2, -0.15) is 0 Å². The van der Waals surface area contributed by atoms with Crippen LogP contribution >= 0.6 is 23.2 Å². The Morgan fingerprint density at radius 3 is 2.65 bits per heavy atom. The number of carbonyl (C=O) groups excluding carboxylic acids is 1. The maximum absolute atomic E-state index is 11.8. The van der Waals surface area contributed by atoms with Crippen molar-refractivity contribution in [3.8, 4) is 0 Å². The number of rotatable bonds is 6. The van der Waals surface area contributed by atoms with E-state index in [2.05, 4.69) is 0 Å². The number of nitro benzene ring substituents is 1. The molecular formula is C13H15Cl2NO4. The summed E-state index contributed by atoms with van der Waals surface area (Å²) in [6, 6.07) is 2.34. The van der Waals surface area contributed by atoms with E-state index in [9.17, 15) is 14.9 Å². The number of hydrogen-bond donors (Lipinski definition) is 0. The van der Waals surface area contributed by atoms with E-state index < -0.39 is 16.6 Å². The number of carbonyl (C=O) groups is 1. The summed E-state index contributed by atoms with van der Waals surface area (Å²) < 4.78 is 5.11. The fourth-order valence-electron chi connectivity index (χ4n) is 1.70. The summed E-state index contributed by atoms with van der Waals surface area (Å²) in [7, 11) is 0. The minimum absolute atomic E-state index is 0.0230. The lowest BCUT2D eigenvalue weighted by molar-refractivity contribution is -0.384. The molecule has 0 heterocycles. The number of ether oxygens (including phenoxy) is 1. The molecule has 0 N–H and O–H groups in total. The molecule has 1 rings (SSSR count). The molecule has 0 aromatic heterocycles. The van der Waals surface area contributed by atoms with Crippen molar-refractivity contribution < 1.29 is 14.5 Å². The molecule has 1 atom stereocenters. The van der Waals surface area contributed by atoms with Crippen LogP contribution in [0, 0.1) is 16.0 Å². The van der Waals surface area contributed by atoms with Crippen LogP contribution in [0.25, 0.3) is 0 Å². The molecule has 0 saturated carbocycles. The molecule has 5 nitrogen and oxygen atoms in total. The van der Waals surface area contributed by atoms with E-state index in [1.807, 2.05) is 13.8 Å². The summed E-state index contributed by atoms with van der Waals surface area (Å²) in [5.74, 6) is -0.406. The third-order valence-electron chi connectivity index (χ3n) is 2.72. The van der Waals surface area contributed by atoms with Crippen molar-refractivity contribution in [3.05, 3.63) is 37.9 Å². The Hall–Kier alpha value is -1.33. The molecule has 20 heavy (non-hydrogen) atoms. The normalized spacial score (nSPS) is 12.0. The first-order valence-electron chi connectivity index (χ1n) is 6.17. The Bertz CT molecular complexity index is 519. The van der Waals surface area contributed by atoms with Gasteiger partial charge in [0.25, 0.3) is 5.69 Å². The number of nitro groups is 1. The monoisotopic (exact) mass is 319 g/mol. The molecule has 1 aromatic carbocycles. The molecule has 0 aliphatic rings. The predicted octanol–water partition coefficient (Wildman–Crippen LogP) is 4.49. The minimum atomic E-state index is -0.690. The Kier molecular flexibility index (Phi) is 6.23. The molecular weight excluding hydrogens is 305 g/mol. The van der Waals surface area contributed by atoms with E-state index in [0.717, 1.165) is 18.9 Å². The van der Waals surface area contributed by atoms with Gasteiger partial charge in [-0.25, -0.2) is 4.79 Å². The lowest BCUT2D eigenvalue weighted by atomic mass is 10.1. The van der Waals surface area contributed by atoms with Crippen molar-refractivity contribution in [1.29, 1.82) is 0 Å². The number of nitrogens with zero attached hydrogens (tertiary/aromatic N) is 1. The van der Waals surface area contributed by atoms with E-state index in [-0.39, 0.29) is 28.1 Å². The zero-order valence-corrected chi connectivity index (χ0v) is 12.7. The Balaban J connectivity index is 2.86. The molecule has 0 spiro atoms. The maximum atomic E-state index is 11.8. The first-order valence-corrected chi connectivity index (χ1v) is 6.93. The van der Waals surface area contributed by atoms with Gasteiger partial charge in [-0.3, -0.25) is 10.1 Å². The van der Waals surface area contributed by atoms with Crippen molar-refractivity contribution in [2.45, 2.75) is 26.7 Å². The molecule has 110 valence electrons. The van der Waals surface area contributed by atoms with Crippen molar-refractivity contribution in [3.63, 3.8) is 0 Å². The SMILES string of the molecule is CCCC(C)COC(=O)c1cc(Cl)c(Cl)c([N+](=O)[O-])c1. The van der Waals surface area contributed by atoms with E-state index in [4.69, 9.17) is 27.9 Å². The molecule has 0 radical (unpaired) electrons. The third kappa shape index (κ3) is 4.35. The smallest absolute Gasteiger partial charge is 0.338 e. The molecule has 7 heteroatoms. The highest BCUT2D eigenvalue weighted by Crippen LogP contribution is 2.33. The zero-order valence-electron chi connectivity index (χ0n) is 11.2. The Morgan fingerprint density at radius 1 is 1.45 bits per heavy atom. The van der Waals surface area contributed by atoms with Crippen LogP contribution in [0.5, 0.6) is 0 Å². The van der Waals surface area contributed by atoms with Crippen LogP contribution in [0.3, 0.4) is 0 Å². The summed E-state index contributed by atoms with van der Waals surface area (Å²) in [4.78, 5) is 22.0. The van der Waals surface area contributed by atoms with Crippen LogP contribution in [0.2, 0.25) is 10.0 Å². The lowest BCUT2D eigenvalue weighted by Gasteiger charge is -2.11. The fourth-order valence-corrected chi connectivity index (χ4v) is 2.10. The second-order valence-electron chi connectivity index (χ2n) is 4.54. The minimum Gasteiger partial charge on any atom is -0.462 e. The van der Waals surface area contributed by atoms with E-state index in [0.29, 0.717) is 0 Å². The van der Waals surface area contributed by atoms with Crippen LogP contribution in [0.15, 0.2) is 12.1 Å². The van der Waals surface area contributed by atoms with E-state index >= 15 is 0 Å². The standard InChI is InChI=1S/C13H15Cl2NO4/c1-3-4-8(2)7-20-13(17)9-5-10(14)12(15)11(6-9)16(18)19/h5-6,8H,3-4,7H2,1-2H3. The van der Waals surface area contributed by atoms with Crippen LogP contribution in [-0.4, -0.2) is 17.5 Å². The highest BCUT2D eigenvalue weighted by molar-refractivity contribution is 6.43. The lowest BCUT2D eigenvalue weighted by Crippen LogP contribution is -2.12. The molecule has 0 saturated heterocycles. The first kappa shape index (κ1) is 16.7. The van der Waals surface area contributed by atoms with Crippen molar-refractivity contribution in [1.82, 2.24) is 0 Å². The zero-order chi connectivity index (χ0) is 15.3. The highest BCUT2D eigenvalue weighted by atomic mass is 35.5. The summed E-state index contributed by atoms with van der Waals surface area (Å²) >= 11 is 11.5. The summed E-state index contributed by atoms with van der Waals surface area (Å²) in [5.41, 5.74) is -0.387. The fraction of sp³-hybridized carbons (Fsp3) is 0.462. The number of halogens is 2. The number of esters is 1. The van der Waals surface area contributed by atoms with Gasteiger partial charge in [0.1, 0.15) is 5.02 Å². The van der Waals surface area contributed by atoms with Gasteiger partial charge in [0.2, 0.25) is 0 Å². The van der Waals surface area contributed by atoms with E-state index in [1.54, 1.807) is 0 Å². The average Bonchev–Trinajstić information content (AvgIpc) is 2.38. The highest BCUT2D eigenvalue weighted by Gasteiger charge is 2.21. The molecule has 0 fully saturated rings. The molecule has 0 bridgehead atoms. The van der Waals surface area contributed by atoms with Crippen molar-refractivity contribution >= 4 is 34.9 Å². The molecule has 1 aromatic rings. The maximum Gasteiger partial charge on any atom is 0.338 e. The van der Waals surface area contributed by atoms with Gasteiger partial charge < -0.3 is 4.74 Å². The number of hydrogen-bond acceptors (Lipinski definition) is 4. The Labute approximate surface area is 127 Å². The summed E-state index contributed by atoms with van der Waals surface area (Å²) in [6.45, 7) is 4.27. The topological polar surface area (TPSA) is 69.4 Å². The van der Waals surface area contributed by atoms with Crippen LogP contribution in [0.4, 0.5) is 5.69 Å². The van der Waals surface area contributed by atoms with Crippen LogP contribution in [-0.2, 0) is 4.74 Å². The van der Waals surface area contributed by atoms with Crippen molar-refractivity contribution in [2.24, 2.45) is 5.92 Å². The van der Waals surface area contributed by atoms with Gasteiger partial charge in [-0.1, -0.05) is 43.5 Å². The molecule has 0 amide bonds. The van der Waals surface area contributed by atoms with Gasteiger partial charge in [-0.05, 0) is 18.4 Å². The average molecular weight is 320 g/mol. The third-order valence-corrected chi connectivity index (χ3v) is 3.51. The molecule has 0 aliphatic heterocycles. The van der Waals surface area contributed by atoms with Crippen molar-refractivity contribution in [2.75, 3.05) is 6.61 Å². The molecule has 1 unspecified atom stereocenters. The van der Waals surface area contributed by atoms with Gasteiger partial charge in [-0.15, -0.1) is 0 Å². The molecule has 0 aliphatic carbocycles. The van der Waals surface area contributed by atoms with Crippen LogP contribution < -0.4 is 0 Å². The van der Waals surface area contributed by atoms with Gasteiger partial charge in [0.15, 0.2) is 0 Å². The van der Waals surface area contributed by atoms with Crippen LogP contribution in [0.1, 0.15) is 37.0 Å². The number of benzene rings is 1. The van der Waals surface area contributed by atoms with E-state index in [1.165, 1.54) is 6.07 Å². The first-order chi connectivity index (χ1) is 9.36. The second kappa shape index (κ2) is 7.45. The Morgan fingerprint density at radius 2 is 2.10 bits per heavy atom. The van der Waals surface area contributed by atoms with Gasteiger partial charge in [0, 0.05) is 6.07 Å². The van der Waals surface area contributed by atoms with Gasteiger partial charge >= 0.3 is 5.97 Å².